The molecular formula is C18H20N6O. The molecule has 0 saturated heterocycles. The number of hydrogen-bond acceptors (Lipinski definition) is 3. The monoisotopic (exact) mass is 336 g/mol. The molecule has 0 aliphatic carbocycles. The van der Waals surface area contributed by atoms with Gasteiger partial charge in [-0.25, -0.2) is 14.5 Å². The van der Waals surface area contributed by atoms with Crippen LogP contribution in [0.5, 0.6) is 0 Å². The lowest BCUT2D eigenvalue weighted by Gasteiger charge is -2.24. The van der Waals surface area contributed by atoms with E-state index in [1.54, 1.807) is 6.20 Å². The lowest BCUT2D eigenvalue weighted by atomic mass is 10.1. The van der Waals surface area contributed by atoms with Gasteiger partial charge in [-0.15, -0.1) is 5.10 Å². The van der Waals surface area contributed by atoms with Crippen molar-refractivity contribution in [3.8, 4) is 5.69 Å². The summed E-state index contributed by atoms with van der Waals surface area (Å²) in [5.41, 5.74) is 1.93. The number of para-hydroxylation sites is 1. The molecule has 2 N–H and O–H groups in total. The Bertz CT molecular complexity index is 882. The second-order valence-electron chi connectivity index (χ2n) is 6.25. The first kappa shape index (κ1) is 15.4. The van der Waals surface area contributed by atoms with Gasteiger partial charge in [-0.2, -0.15) is 0 Å². The molecule has 1 unspecified atom stereocenters. The van der Waals surface area contributed by atoms with Crippen LogP contribution in [0.2, 0.25) is 0 Å². The number of anilines is 1. The Morgan fingerprint density at radius 2 is 2.12 bits per heavy atom. The molecule has 3 aromatic rings. The Kier molecular flexibility index (Phi) is 3.97. The van der Waals surface area contributed by atoms with E-state index in [0.717, 1.165) is 36.6 Å². The Labute approximate surface area is 145 Å². The highest BCUT2D eigenvalue weighted by atomic mass is 16.2. The summed E-state index contributed by atoms with van der Waals surface area (Å²) in [7, 11) is 0. The van der Waals surface area contributed by atoms with Crippen LogP contribution >= 0.6 is 0 Å². The second kappa shape index (κ2) is 6.43. The highest BCUT2D eigenvalue weighted by Gasteiger charge is 2.20. The molecule has 1 aliphatic rings. The number of aromatic nitrogens is 4. The first-order chi connectivity index (χ1) is 12.2. The fourth-order valence-electron chi connectivity index (χ4n) is 3.19. The van der Waals surface area contributed by atoms with E-state index >= 15 is 0 Å². The third-order valence-corrected chi connectivity index (χ3v) is 4.40. The van der Waals surface area contributed by atoms with Gasteiger partial charge in [0.25, 0.3) is 0 Å². The zero-order valence-electron chi connectivity index (χ0n) is 14.0. The van der Waals surface area contributed by atoms with Gasteiger partial charge in [-0.1, -0.05) is 18.2 Å². The van der Waals surface area contributed by atoms with Crippen LogP contribution in [0.4, 0.5) is 10.6 Å². The molecule has 3 heterocycles. The quantitative estimate of drug-likeness (QED) is 0.771. The van der Waals surface area contributed by atoms with E-state index in [2.05, 4.69) is 25.3 Å². The Balaban J connectivity index is 1.40. The standard InChI is InChI=1S/C18H20N6O/c1-13-11-16(22-24(13)15-5-3-2-4-6-15)21-18(25)20-14-7-8-17-19-9-10-23(17)12-14/h2-6,9-11,14H,7-8,12H2,1H3,(H2,20,21,22,25). The zero-order chi connectivity index (χ0) is 17.2. The third kappa shape index (κ3) is 3.26. The molecule has 1 atom stereocenters. The number of amides is 2. The van der Waals surface area contributed by atoms with Gasteiger partial charge in [-0.05, 0) is 25.5 Å². The van der Waals surface area contributed by atoms with E-state index in [0.29, 0.717) is 5.82 Å². The van der Waals surface area contributed by atoms with Gasteiger partial charge in [0.2, 0.25) is 0 Å². The van der Waals surface area contributed by atoms with Crippen LogP contribution in [-0.2, 0) is 13.0 Å². The predicted molar refractivity (Wildman–Crippen MR) is 94.8 cm³/mol. The summed E-state index contributed by atoms with van der Waals surface area (Å²) in [4.78, 5) is 16.6. The number of benzene rings is 1. The van der Waals surface area contributed by atoms with Crippen molar-refractivity contribution in [3.05, 3.63) is 60.3 Å². The van der Waals surface area contributed by atoms with Gasteiger partial charge in [0.1, 0.15) is 5.82 Å². The first-order valence-corrected chi connectivity index (χ1v) is 8.38. The molecule has 1 aliphatic heterocycles. The molecule has 128 valence electrons. The zero-order valence-corrected chi connectivity index (χ0v) is 14.0. The first-order valence-electron chi connectivity index (χ1n) is 8.38. The van der Waals surface area contributed by atoms with Gasteiger partial charge in [-0.3, -0.25) is 5.32 Å². The van der Waals surface area contributed by atoms with Crippen molar-refractivity contribution >= 4 is 11.8 Å². The van der Waals surface area contributed by atoms with Gasteiger partial charge >= 0.3 is 6.03 Å². The molecule has 1 aromatic carbocycles. The molecule has 4 rings (SSSR count). The number of fused-ring (bicyclic) bond motifs is 1. The summed E-state index contributed by atoms with van der Waals surface area (Å²) in [6.07, 6.45) is 5.52. The summed E-state index contributed by atoms with van der Waals surface area (Å²) < 4.78 is 3.90. The number of hydrogen-bond donors (Lipinski definition) is 2. The van der Waals surface area contributed by atoms with Crippen molar-refractivity contribution in [1.29, 1.82) is 0 Å². The molecule has 0 radical (unpaired) electrons. The number of carbonyl (C=O) groups is 1. The predicted octanol–water partition coefficient (Wildman–Crippen LogP) is 2.51. The molecular weight excluding hydrogens is 316 g/mol. The topological polar surface area (TPSA) is 76.8 Å². The fraction of sp³-hybridized carbons (Fsp3) is 0.278. The molecule has 25 heavy (non-hydrogen) atoms. The SMILES string of the molecule is Cc1cc(NC(=O)NC2CCc3nccn3C2)nn1-c1ccccc1. The van der Waals surface area contributed by atoms with E-state index in [1.165, 1.54) is 0 Å². The van der Waals surface area contributed by atoms with Crippen LogP contribution in [0, 0.1) is 6.92 Å². The number of nitrogens with one attached hydrogen (secondary N) is 2. The lowest BCUT2D eigenvalue weighted by Crippen LogP contribution is -2.43. The Morgan fingerprint density at radius 1 is 1.28 bits per heavy atom. The van der Waals surface area contributed by atoms with Crippen LogP contribution in [0.15, 0.2) is 48.8 Å². The minimum Gasteiger partial charge on any atom is -0.333 e. The molecule has 7 nitrogen and oxygen atoms in total. The highest BCUT2D eigenvalue weighted by Crippen LogP contribution is 2.16. The van der Waals surface area contributed by atoms with E-state index in [4.69, 9.17) is 0 Å². The molecule has 0 bridgehead atoms. The molecule has 2 amide bonds. The highest BCUT2D eigenvalue weighted by molar-refractivity contribution is 5.88. The van der Waals surface area contributed by atoms with Gasteiger partial charge < -0.3 is 9.88 Å². The summed E-state index contributed by atoms with van der Waals surface area (Å²) >= 11 is 0. The summed E-state index contributed by atoms with van der Waals surface area (Å²) in [6.45, 7) is 2.71. The maximum Gasteiger partial charge on any atom is 0.320 e. The van der Waals surface area contributed by atoms with Crippen LogP contribution in [0.25, 0.3) is 5.69 Å². The molecule has 0 fully saturated rings. The van der Waals surface area contributed by atoms with Crippen LogP contribution < -0.4 is 10.6 Å². The number of aryl methyl sites for hydroxylation is 2. The van der Waals surface area contributed by atoms with Crippen LogP contribution in [-0.4, -0.2) is 31.4 Å². The molecule has 7 heteroatoms. The minimum atomic E-state index is -0.230. The van der Waals surface area contributed by atoms with Gasteiger partial charge in [0.05, 0.1) is 5.69 Å². The average Bonchev–Trinajstić information content (AvgIpc) is 3.21. The number of imidazole rings is 1. The van der Waals surface area contributed by atoms with Crippen molar-refractivity contribution in [2.45, 2.75) is 32.4 Å². The number of carbonyl (C=O) groups excluding carboxylic acids is 1. The minimum absolute atomic E-state index is 0.0963. The normalized spacial score (nSPS) is 16.3. The smallest absolute Gasteiger partial charge is 0.320 e. The number of rotatable bonds is 3. The fourth-order valence-corrected chi connectivity index (χ4v) is 3.19. The molecule has 0 spiro atoms. The second-order valence-corrected chi connectivity index (χ2v) is 6.25. The van der Waals surface area contributed by atoms with E-state index < -0.39 is 0 Å². The van der Waals surface area contributed by atoms with Crippen LogP contribution in [0.1, 0.15) is 17.9 Å². The van der Waals surface area contributed by atoms with E-state index in [9.17, 15) is 4.79 Å². The Morgan fingerprint density at radius 3 is 2.96 bits per heavy atom. The van der Waals surface area contributed by atoms with E-state index in [1.807, 2.05) is 54.2 Å². The number of urea groups is 1. The van der Waals surface area contributed by atoms with E-state index in [-0.39, 0.29) is 12.1 Å². The maximum absolute atomic E-state index is 12.3. The summed E-state index contributed by atoms with van der Waals surface area (Å²) in [6, 6.07) is 11.6. The van der Waals surface area contributed by atoms with Crippen molar-refractivity contribution in [2.75, 3.05) is 5.32 Å². The maximum atomic E-state index is 12.3. The average molecular weight is 336 g/mol. The van der Waals surface area contributed by atoms with Crippen molar-refractivity contribution in [3.63, 3.8) is 0 Å². The van der Waals surface area contributed by atoms with Crippen molar-refractivity contribution < 1.29 is 4.79 Å². The summed E-state index contributed by atoms with van der Waals surface area (Å²) in [5, 5.41) is 10.3. The van der Waals surface area contributed by atoms with Crippen molar-refractivity contribution in [1.82, 2.24) is 24.6 Å². The van der Waals surface area contributed by atoms with Crippen molar-refractivity contribution in [2.24, 2.45) is 0 Å². The molecule has 2 aromatic heterocycles. The molecule has 0 saturated carbocycles. The summed E-state index contributed by atoms with van der Waals surface area (Å²) in [5.74, 6) is 1.62. The Hall–Kier alpha value is -3.09. The lowest BCUT2D eigenvalue weighted by molar-refractivity contribution is 0.244. The third-order valence-electron chi connectivity index (χ3n) is 4.40. The largest absolute Gasteiger partial charge is 0.333 e. The van der Waals surface area contributed by atoms with Gasteiger partial charge in [0, 0.05) is 43.2 Å². The van der Waals surface area contributed by atoms with Crippen LogP contribution in [0.3, 0.4) is 0 Å². The van der Waals surface area contributed by atoms with Gasteiger partial charge in [0.15, 0.2) is 5.82 Å². The number of nitrogens with zero attached hydrogens (tertiary/aromatic N) is 4.